The van der Waals surface area contributed by atoms with Crippen molar-refractivity contribution in [2.45, 2.75) is 13.8 Å². The Morgan fingerprint density at radius 1 is 1.14 bits per heavy atom. The Hall–Kier alpha value is -3.06. The van der Waals surface area contributed by atoms with Crippen molar-refractivity contribution in [2.24, 2.45) is 4.99 Å². The van der Waals surface area contributed by atoms with Gasteiger partial charge in [0.2, 0.25) is 0 Å². The normalized spacial score (nSPS) is 15.5. The van der Waals surface area contributed by atoms with Gasteiger partial charge in [0.15, 0.2) is 23.3 Å². The van der Waals surface area contributed by atoms with Gasteiger partial charge in [-0.3, -0.25) is 9.69 Å². The van der Waals surface area contributed by atoms with Crippen molar-refractivity contribution in [2.75, 3.05) is 26.9 Å². The molecular formula is C24H23IN2O7S. The highest BCUT2D eigenvalue weighted by atomic mass is 127. The number of amides is 1. The van der Waals surface area contributed by atoms with Gasteiger partial charge in [0.25, 0.3) is 5.91 Å². The lowest BCUT2D eigenvalue weighted by molar-refractivity contribution is -0.145. The number of carbonyl (C=O) groups excluding carboxylic acids is 2. The quantitative estimate of drug-likeness (QED) is 0.250. The minimum atomic E-state index is -1.02. The SMILES string of the molecule is CCOC(=O)COc1c(I)cc(/C=C2/SC(=Nc3ccc(C(=O)O)cc3)N(C)C2=O)cc1OCC. The Bertz CT molecular complexity index is 1200. The van der Waals surface area contributed by atoms with Gasteiger partial charge in [-0.1, -0.05) is 0 Å². The number of rotatable bonds is 9. The summed E-state index contributed by atoms with van der Waals surface area (Å²) in [7, 11) is 1.63. The van der Waals surface area contributed by atoms with Gasteiger partial charge < -0.3 is 19.3 Å². The highest BCUT2D eigenvalue weighted by molar-refractivity contribution is 14.1. The molecule has 0 bridgehead atoms. The second-order valence-electron chi connectivity index (χ2n) is 7.08. The van der Waals surface area contributed by atoms with Gasteiger partial charge in [-0.15, -0.1) is 0 Å². The summed E-state index contributed by atoms with van der Waals surface area (Å²) in [5.41, 5.74) is 1.42. The molecular weight excluding hydrogens is 587 g/mol. The first kappa shape index (κ1) is 26.5. The largest absolute Gasteiger partial charge is 0.490 e. The summed E-state index contributed by atoms with van der Waals surface area (Å²) in [6, 6.07) is 9.66. The number of aliphatic imine (C=N–C) groups is 1. The molecule has 0 unspecified atom stereocenters. The maximum Gasteiger partial charge on any atom is 0.344 e. The number of ether oxygens (including phenoxy) is 3. The van der Waals surface area contributed by atoms with Crippen molar-refractivity contribution in [3.8, 4) is 11.5 Å². The molecule has 0 aliphatic carbocycles. The molecule has 35 heavy (non-hydrogen) atoms. The highest BCUT2D eigenvalue weighted by Gasteiger charge is 2.30. The Kier molecular flexibility index (Phi) is 9.15. The van der Waals surface area contributed by atoms with Crippen LogP contribution in [0.3, 0.4) is 0 Å². The molecule has 11 heteroatoms. The van der Waals surface area contributed by atoms with Gasteiger partial charge in [0, 0.05) is 7.05 Å². The van der Waals surface area contributed by atoms with E-state index in [-0.39, 0.29) is 24.7 Å². The third-order valence-electron chi connectivity index (χ3n) is 4.61. The number of esters is 1. The van der Waals surface area contributed by atoms with Crippen LogP contribution in [0.1, 0.15) is 29.8 Å². The monoisotopic (exact) mass is 610 g/mol. The third-order valence-corrected chi connectivity index (χ3v) is 6.47. The predicted octanol–water partition coefficient (Wildman–Crippen LogP) is 4.56. The fourth-order valence-electron chi connectivity index (χ4n) is 3.00. The summed E-state index contributed by atoms with van der Waals surface area (Å²) >= 11 is 3.30. The molecule has 1 aliphatic rings. The molecule has 0 atom stereocenters. The molecule has 2 aromatic carbocycles. The van der Waals surface area contributed by atoms with Crippen LogP contribution in [0.5, 0.6) is 11.5 Å². The molecule has 9 nitrogen and oxygen atoms in total. The van der Waals surface area contributed by atoms with E-state index < -0.39 is 11.9 Å². The number of amidine groups is 1. The number of carboxylic acids is 1. The lowest BCUT2D eigenvalue weighted by Crippen LogP contribution is -2.23. The van der Waals surface area contributed by atoms with Gasteiger partial charge in [0.1, 0.15) is 0 Å². The van der Waals surface area contributed by atoms with E-state index in [0.717, 1.165) is 5.56 Å². The van der Waals surface area contributed by atoms with Crippen LogP contribution in [0.2, 0.25) is 0 Å². The molecule has 1 N–H and O–H groups in total. The summed E-state index contributed by atoms with van der Waals surface area (Å²) in [4.78, 5) is 41.9. The molecule has 2 aromatic rings. The first-order valence-corrected chi connectivity index (χ1v) is 12.5. The van der Waals surface area contributed by atoms with E-state index in [4.69, 9.17) is 19.3 Å². The van der Waals surface area contributed by atoms with Crippen molar-refractivity contribution < 1.29 is 33.7 Å². The fraction of sp³-hybridized carbons (Fsp3) is 0.250. The summed E-state index contributed by atoms with van der Waals surface area (Å²) in [6.07, 6.45) is 1.74. The van der Waals surface area contributed by atoms with Gasteiger partial charge in [-0.25, -0.2) is 14.6 Å². The van der Waals surface area contributed by atoms with Gasteiger partial charge in [-0.2, -0.15) is 0 Å². The zero-order valence-corrected chi connectivity index (χ0v) is 22.2. The number of thioether (sulfide) groups is 1. The molecule has 184 valence electrons. The second kappa shape index (κ2) is 12.1. The van der Waals surface area contributed by atoms with E-state index in [1.165, 1.54) is 28.8 Å². The molecule has 3 rings (SSSR count). The standard InChI is InChI=1S/C24H23IN2O7S/c1-4-32-18-11-14(10-17(25)21(18)34-13-20(28)33-5-2)12-19-22(29)27(3)24(35-19)26-16-8-6-15(7-9-16)23(30)31/h6-12H,4-5,13H2,1-3H3,(H,30,31)/b19-12+,26-24?. The van der Waals surface area contributed by atoms with Crippen LogP contribution in [0.15, 0.2) is 46.3 Å². The molecule has 0 radical (unpaired) electrons. The zero-order chi connectivity index (χ0) is 25.5. The maximum atomic E-state index is 12.8. The van der Waals surface area contributed by atoms with E-state index in [1.54, 1.807) is 38.2 Å². The van der Waals surface area contributed by atoms with Crippen molar-refractivity contribution in [1.29, 1.82) is 0 Å². The highest BCUT2D eigenvalue weighted by Crippen LogP contribution is 2.37. The number of nitrogens with zero attached hydrogens (tertiary/aromatic N) is 2. The predicted molar refractivity (Wildman–Crippen MR) is 141 cm³/mol. The number of hydrogen-bond donors (Lipinski definition) is 1. The first-order valence-electron chi connectivity index (χ1n) is 10.6. The third kappa shape index (κ3) is 6.75. The smallest absolute Gasteiger partial charge is 0.344 e. The van der Waals surface area contributed by atoms with Crippen LogP contribution >= 0.6 is 34.4 Å². The van der Waals surface area contributed by atoms with Crippen LogP contribution in [0, 0.1) is 3.57 Å². The molecule has 1 amide bonds. The molecule has 1 fully saturated rings. The van der Waals surface area contributed by atoms with E-state index in [0.29, 0.717) is 37.4 Å². The minimum Gasteiger partial charge on any atom is -0.490 e. The summed E-state index contributed by atoms with van der Waals surface area (Å²) in [5, 5.41) is 9.51. The summed E-state index contributed by atoms with van der Waals surface area (Å²) < 4.78 is 17.0. The van der Waals surface area contributed by atoms with E-state index in [2.05, 4.69) is 27.6 Å². The average molecular weight is 610 g/mol. The number of likely N-dealkylation sites (N-methyl/N-ethyl adjacent to an activating group) is 1. The lowest BCUT2D eigenvalue weighted by Gasteiger charge is -2.14. The topological polar surface area (TPSA) is 115 Å². The first-order chi connectivity index (χ1) is 16.7. The molecule has 0 saturated carbocycles. The van der Waals surface area contributed by atoms with E-state index in [9.17, 15) is 14.4 Å². The summed E-state index contributed by atoms with van der Waals surface area (Å²) in [5.74, 6) is -0.830. The van der Waals surface area contributed by atoms with Crippen LogP contribution in [0.4, 0.5) is 5.69 Å². The summed E-state index contributed by atoms with van der Waals surface area (Å²) in [6.45, 7) is 3.98. The number of aromatic carboxylic acids is 1. The van der Waals surface area contributed by atoms with Gasteiger partial charge >= 0.3 is 11.9 Å². The number of benzene rings is 2. The number of carbonyl (C=O) groups is 3. The van der Waals surface area contributed by atoms with Crippen molar-refractivity contribution in [3.05, 3.63) is 56.0 Å². The van der Waals surface area contributed by atoms with Crippen LogP contribution in [0.25, 0.3) is 6.08 Å². The fourth-order valence-corrected chi connectivity index (χ4v) is 4.77. The molecule has 1 aliphatic heterocycles. The second-order valence-corrected chi connectivity index (χ2v) is 9.25. The maximum absolute atomic E-state index is 12.8. The molecule has 1 saturated heterocycles. The Labute approximate surface area is 220 Å². The molecule has 0 spiro atoms. The van der Waals surface area contributed by atoms with E-state index >= 15 is 0 Å². The number of carboxylic acid groups (broad SMARTS) is 1. The van der Waals surface area contributed by atoms with Crippen molar-refractivity contribution >= 4 is 69.1 Å². The van der Waals surface area contributed by atoms with E-state index in [1.807, 2.05) is 13.0 Å². The van der Waals surface area contributed by atoms with Gasteiger partial charge in [0.05, 0.1) is 32.9 Å². The Morgan fingerprint density at radius 2 is 1.86 bits per heavy atom. The number of halogens is 1. The van der Waals surface area contributed by atoms with Crippen LogP contribution in [-0.4, -0.2) is 59.9 Å². The van der Waals surface area contributed by atoms with Gasteiger partial charge in [-0.05, 0) is 96.2 Å². The Morgan fingerprint density at radius 3 is 2.49 bits per heavy atom. The van der Waals surface area contributed by atoms with Crippen LogP contribution < -0.4 is 9.47 Å². The number of hydrogen-bond acceptors (Lipinski definition) is 8. The molecule has 1 heterocycles. The van der Waals surface area contributed by atoms with Crippen LogP contribution in [-0.2, 0) is 14.3 Å². The van der Waals surface area contributed by atoms with Crippen molar-refractivity contribution in [3.63, 3.8) is 0 Å². The lowest BCUT2D eigenvalue weighted by atomic mass is 10.2. The molecule has 0 aromatic heterocycles. The minimum absolute atomic E-state index is 0.160. The zero-order valence-electron chi connectivity index (χ0n) is 19.2. The Balaban J connectivity index is 1.85. The average Bonchev–Trinajstić information content (AvgIpc) is 3.07. The van der Waals surface area contributed by atoms with Crippen molar-refractivity contribution in [1.82, 2.24) is 4.90 Å².